The van der Waals surface area contributed by atoms with E-state index < -0.39 is 0 Å². The van der Waals surface area contributed by atoms with Crippen molar-refractivity contribution in [3.63, 3.8) is 0 Å². The number of fused-ring (bicyclic) bond motifs is 1. The van der Waals surface area contributed by atoms with Crippen LogP contribution in [0.25, 0.3) is 10.9 Å². The second kappa shape index (κ2) is 2.44. The van der Waals surface area contributed by atoms with Crippen LogP contribution in [0.1, 0.15) is 0 Å². The molecule has 3 heteroatoms. The lowest BCUT2D eigenvalue weighted by Gasteiger charge is -1.97. The van der Waals surface area contributed by atoms with Crippen molar-refractivity contribution in [1.29, 1.82) is 0 Å². The van der Waals surface area contributed by atoms with E-state index in [-0.39, 0.29) is 11.6 Å². The summed E-state index contributed by atoms with van der Waals surface area (Å²) in [6.07, 6.45) is 1.37. The highest BCUT2D eigenvalue weighted by atomic mass is 19.1. The van der Waals surface area contributed by atoms with Gasteiger partial charge < -0.3 is 5.11 Å². The summed E-state index contributed by atoms with van der Waals surface area (Å²) in [7, 11) is 0. The fourth-order valence-corrected chi connectivity index (χ4v) is 1.10. The number of nitrogens with zero attached hydrogens (tertiary/aromatic N) is 1. The van der Waals surface area contributed by atoms with E-state index in [1.54, 1.807) is 0 Å². The second-order valence-corrected chi connectivity index (χ2v) is 2.49. The predicted molar refractivity (Wildman–Crippen MR) is 43.4 cm³/mol. The first-order valence-electron chi connectivity index (χ1n) is 3.50. The molecule has 60 valence electrons. The number of aromatic nitrogens is 1. The highest BCUT2D eigenvalue weighted by Crippen LogP contribution is 2.19. The molecule has 0 unspecified atom stereocenters. The van der Waals surface area contributed by atoms with Crippen LogP contribution in [0.15, 0.2) is 30.5 Å². The number of halogens is 1. The first-order chi connectivity index (χ1) is 5.77. The summed E-state index contributed by atoms with van der Waals surface area (Å²) < 4.78 is 13.0. The zero-order valence-corrected chi connectivity index (χ0v) is 6.16. The second-order valence-electron chi connectivity index (χ2n) is 2.49. The van der Waals surface area contributed by atoms with Gasteiger partial charge in [0.05, 0.1) is 5.52 Å². The van der Waals surface area contributed by atoms with Gasteiger partial charge in [0.1, 0.15) is 11.6 Å². The zero-order chi connectivity index (χ0) is 8.55. The molecule has 0 aliphatic carbocycles. The molecule has 0 bridgehead atoms. The number of hydrogen-bond donors (Lipinski definition) is 1. The molecule has 0 saturated carbocycles. The summed E-state index contributed by atoms with van der Waals surface area (Å²) in [5.74, 6) is -0.222. The Balaban J connectivity index is 2.86. The van der Waals surface area contributed by atoms with Crippen LogP contribution in [0.4, 0.5) is 4.39 Å². The van der Waals surface area contributed by atoms with Crippen molar-refractivity contribution in [2.24, 2.45) is 0 Å². The smallest absolute Gasteiger partial charge is 0.134 e. The number of phenols is 1. The molecule has 2 rings (SSSR count). The van der Waals surface area contributed by atoms with Crippen LogP contribution in [0.2, 0.25) is 0 Å². The Kier molecular flexibility index (Phi) is 1.43. The predicted octanol–water partition coefficient (Wildman–Crippen LogP) is 2.08. The third-order valence-corrected chi connectivity index (χ3v) is 1.67. The van der Waals surface area contributed by atoms with Crippen LogP contribution >= 0.6 is 0 Å². The molecule has 0 amide bonds. The van der Waals surface area contributed by atoms with E-state index in [1.807, 2.05) is 0 Å². The quantitative estimate of drug-likeness (QED) is 0.645. The van der Waals surface area contributed by atoms with Crippen LogP contribution in [0.3, 0.4) is 0 Å². The minimum Gasteiger partial charge on any atom is -0.508 e. The molecular weight excluding hydrogens is 157 g/mol. The van der Waals surface area contributed by atoms with Gasteiger partial charge in [-0.2, -0.15) is 0 Å². The molecule has 1 N–H and O–H groups in total. The maximum Gasteiger partial charge on any atom is 0.134 e. The Labute approximate surface area is 68.3 Å². The Morgan fingerprint density at radius 1 is 1.25 bits per heavy atom. The standard InChI is InChI=1S/C9H6FNO/c10-8-3-4-11-9-5-6(12)1-2-7(8)9/h1-5,12H. The van der Waals surface area contributed by atoms with Crippen molar-refractivity contribution in [2.75, 3.05) is 0 Å². The summed E-state index contributed by atoms with van der Waals surface area (Å²) in [5.41, 5.74) is 0.468. The van der Waals surface area contributed by atoms with E-state index in [4.69, 9.17) is 5.11 Å². The van der Waals surface area contributed by atoms with E-state index >= 15 is 0 Å². The van der Waals surface area contributed by atoms with Gasteiger partial charge in [0, 0.05) is 17.6 Å². The molecule has 1 aromatic heterocycles. The van der Waals surface area contributed by atoms with Crippen LogP contribution in [0, 0.1) is 5.82 Å². The molecule has 12 heavy (non-hydrogen) atoms. The lowest BCUT2D eigenvalue weighted by Crippen LogP contribution is -1.81. The highest BCUT2D eigenvalue weighted by molar-refractivity contribution is 5.80. The van der Waals surface area contributed by atoms with Crippen molar-refractivity contribution in [3.8, 4) is 5.75 Å². The van der Waals surface area contributed by atoms with Crippen molar-refractivity contribution >= 4 is 10.9 Å². The van der Waals surface area contributed by atoms with Crippen molar-refractivity contribution in [3.05, 3.63) is 36.3 Å². The van der Waals surface area contributed by atoms with Gasteiger partial charge in [0.25, 0.3) is 0 Å². The lowest BCUT2D eigenvalue weighted by atomic mass is 10.2. The molecule has 0 fully saturated rings. The van der Waals surface area contributed by atoms with Gasteiger partial charge in [0.15, 0.2) is 0 Å². The molecule has 0 atom stereocenters. The van der Waals surface area contributed by atoms with Gasteiger partial charge >= 0.3 is 0 Å². The lowest BCUT2D eigenvalue weighted by molar-refractivity contribution is 0.476. The third-order valence-electron chi connectivity index (χ3n) is 1.67. The Morgan fingerprint density at radius 2 is 2.08 bits per heavy atom. The van der Waals surface area contributed by atoms with Gasteiger partial charge in [-0.25, -0.2) is 4.39 Å². The average Bonchev–Trinajstić information content (AvgIpc) is 2.04. The molecule has 0 aliphatic rings. The Bertz CT molecular complexity index is 428. The van der Waals surface area contributed by atoms with Gasteiger partial charge in [-0.1, -0.05) is 0 Å². The van der Waals surface area contributed by atoms with E-state index in [1.165, 1.54) is 30.5 Å². The summed E-state index contributed by atoms with van der Waals surface area (Å²) >= 11 is 0. The Hall–Kier alpha value is -1.64. The number of benzene rings is 1. The van der Waals surface area contributed by atoms with Crippen molar-refractivity contribution in [1.82, 2.24) is 4.98 Å². The van der Waals surface area contributed by atoms with E-state index in [9.17, 15) is 4.39 Å². The minimum atomic E-state index is -0.319. The van der Waals surface area contributed by atoms with E-state index in [2.05, 4.69) is 4.98 Å². The van der Waals surface area contributed by atoms with Gasteiger partial charge in [-0.05, 0) is 18.2 Å². The molecule has 0 radical (unpaired) electrons. The van der Waals surface area contributed by atoms with Gasteiger partial charge in [-0.3, -0.25) is 4.98 Å². The number of hydrogen-bond acceptors (Lipinski definition) is 2. The largest absolute Gasteiger partial charge is 0.508 e. The fraction of sp³-hybridized carbons (Fsp3) is 0. The maximum absolute atomic E-state index is 13.0. The maximum atomic E-state index is 13.0. The summed E-state index contributed by atoms with van der Waals surface area (Å²) in [6, 6.07) is 5.66. The number of phenolic OH excluding ortho intramolecular Hbond substituents is 1. The van der Waals surface area contributed by atoms with Crippen molar-refractivity contribution < 1.29 is 9.50 Å². The average molecular weight is 163 g/mol. The highest BCUT2D eigenvalue weighted by Gasteiger charge is 2.00. The van der Waals surface area contributed by atoms with Gasteiger partial charge in [0.2, 0.25) is 0 Å². The molecule has 0 saturated heterocycles. The summed E-state index contributed by atoms with van der Waals surface area (Å²) in [4.78, 5) is 3.90. The monoisotopic (exact) mass is 163 g/mol. The zero-order valence-electron chi connectivity index (χ0n) is 6.16. The molecule has 1 aromatic carbocycles. The fourth-order valence-electron chi connectivity index (χ4n) is 1.10. The van der Waals surface area contributed by atoms with Crippen LogP contribution < -0.4 is 0 Å². The molecule has 0 spiro atoms. The molecular formula is C9H6FNO. The summed E-state index contributed by atoms with van der Waals surface area (Å²) in [6.45, 7) is 0. The van der Waals surface area contributed by atoms with E-state index in [0.29, 0.717) is 10.9 Å². The van der Waals surface area contributed by atoms with Crippen LogP contribution in [0.5, 0.6) is 5.75 Å². The molecule has 1 heterocycles. The van der Waals surface area contributed by atoms with Crippen molar-refractivity contribution in [2.45, 2.75) is 0 Å². The third kappa shape index (κ3) is 0.993. The number of rotatable bonds is 0. The molecule has 2 nitrogen and oxygen atoms in total. The first kappa shape index (κ1) is 7.03. The van der Waals surface area contributed by atoms with Gasteiger partial charge in [-0.15, -0.1) is 0 Å². The minimum absolute atomic E-state index is 0.0978. The molecule has 0 aliphatic heterocycles. The van der Waals surface area contributed by atoms with E-state index in [0.717, 1.165) is 0 Å². The topological polar surface area (TPSA) is 33.1 Å². The van der Waals surface area contributed by atoms with Crippen LogP contribution in [-0.2, 0) is 0 Å². The SMILES string of the molecule is Oc1ccc2c(F)ccnc2c1. The van der Waals surface area contributed by atoms with Crippen LogP contribution in [-0.4, -0.2) is 10.1 Å². The normalized spacial score (nSPS) is 10.4. The summed E-state index contributed by atoms with van der Waals surface area (Å²) in [5, 5.41) is 9.48. The number of aromatic hydroxyl groups is 1. The number of pyridine rings is 1. The Morgan fingerprint density at radius 3 is 2.92 bits per heavy atom. The first-order valence-corrected chi connectivity index (χ1v) is 3.50. The molecule has 2 aromatic rings.